The largest absolute Gasteiger partial charge is 0.478 e. The normalized spacial score (nSPS) is 14.0. The van der Waals surface area contributed by atoms with Crippen LogP contribution < -0.4 is 10.5 Å². The molecule has 0 unspecified atom stereocenters. The summed E-state index contributed by atoms with van der Waals surface area (Å²) in [5.41, 5.74) is 17.5. The Bertz CT molecular complexity index is 4200. The van der Waals surface area contributed by atoms with Gasteiger partial charge in [-0.3, -0.25) is 9.20 Å². The van der Waals surface area contributed by atoms with E-state index in [2.05, 4.69) is 178 Å². The second-order valence-corrected chi connectivity index (χ2v) is 22.2. The van der Waals surface area contributed by atoms with Gasteiger partial charge < -0.3 is 10.0 Å². The number of anilines is 3. The number of pyridine rings is 1. The van der Waals surface area contributed by atoms with E-state index in [1.807, 2.05) is 18.2 Å². The van der Waals surface area contributed by atoms with Crippen molar-refractivity contribution in [2.45, 2.75) is 38.5 Å². The van der Waals surface area contributed by atoms with Crippen molar-refractivity contribution in [3.63, 3.8) is 0 Å². The lowest BCUT2D eigenvalue weighted by Gasteiger charge is -2.30. The zero-order valence-electron chi connectivity index (χ0n) is 39.2. The number of aromatic carboxylic acids is 1. The van der Waals surface area contributed by atoms with Crippen LogP contribution in [0.15, 0.2) is 187 Å². The van der Waals surface area contributed by atoms with Crippen LogP contribution in [-0.2, 0) is 10.8 Å². The molecule has 2 aliphatic rings. The molecule has 0 saturated carbocycles. The van der Waals surface area contributed by atoms with E-state index in [0.717, 1.165) is 49.2 Å². The number of rotatable bonds is 7. The van der Waals surface area contributed by atoms with Crippen molar-refractivity contribution in [3.8, 4) is 52.9 Å². The molecule has 0 bridgehead atoms. The highest BCUT2D eigenvalue weighted by atomic mass is 32.1. The molecule has 1 N–H and O–H groups in total. The SMILES string of the molecule is CC1(C)c2ccccc2-c2ccc(N(c3ccc(-c4ccc(-c5ccc(-c6ccc7c8c6cccc8c(=O)n6c8cc(C(=O)O)ccc8nc76)s5)s4)cc3)c3ccc4c(c3)C(C)(C)c3ccccc3-4)cc21. The predicted octanol–water partition coefficient (Wildman–Crippen LogP) is 16.5. The number of fused-ring (bicyclic) bond motifs is 10. The van der Waals surface area contributed by atoms with Gasteiger partial charge in [-0.2, -0.15) is 0 Å². The Morgan fingerprint density at radius 1 is 0.507 bits per heavy atom. The maximum absolute atomic E-state index is 14.2. The van der Waals surface area contributed by atoms with Gasteiger partial charge in [0.2, 0.25) is 0 Å². The first-order chi connectivity index (χ1) is 34.4. The molecule has 8 aromatic carbocycles. The van der Waals surface area contributed by atoms with Crippen molar-refractivity contribution in [1.29, 1.82) is 0 Å². The fourth-order valence-electron chi connectivity index (χ4n) is 11.8. The minimum absolute atomic E-state index is 0.114. The summed E-state index contributed by atoms with van der Waals surface area (Å²) in [7, 11) is 0. The number of carbonyl (C=O) groups is 1. The highest BCUT2D eigenvalue weighted by Gasteiger charge is 2.38. The van der Waals surface area contributed by atoms with Gasteiger partial charge in [-0.1, -0.05) is 119 Å². The number of aromatic nitrogens is 2. The predicted molar refractivity (Wildman–Crippen MR) is 294 cm³/mol. The summed E-state index contributed by atoms with van der Waals surface area (Å²) in [6.45, 7) is 9.39. The van der Waals surface area contributed by atoms with Crippen molar-refractivity contribution in [1.82, 2.24) is 9.38 Å². The molecule has 14 rings (SSSR count). The van der Waals surface area contributed by atoms with Gasteiger partial charge in [0, 0.05) is 63.6 Å². The van der Waals surface area contributed by atoms with E-state index in [-0.39, 0.29) is 22.0 Å². The first-order valence-electron chi connectivity index (χ1n) is 23.9. The van der Waals surface area contributed by atoms with Crippen LogP contribution in [0.4, 0.5) is 17.1 Å². The van der Waals surface area contributed by atoms with Crippen LogP contribution in [0.3, 0.4) is 0 Å². The molecule has 71 heavy (non-hydrogen) atoms. The van der Waals surface area contributed by atoms with Gasteiger partial charge in [0.25, 0.3) is 5.56 Å². The van der Waals surface area contributed by atoms with Crippen molar-refractivity contribution in [2.24, 2.45) is 0 Å². The average molecular weight is 954 g/mol. The lowest BCUT2D eigenvalue weighted by molar-refractivity contribution is 0.0697. The minimum atomic E-state index is -1.05. The Morgan fingerprint density at radius 2 is 1.06 bits per heavy atom. The third-order valence-electron chi connectivity index (χ3n) is 15.4. The summed E-state index contributed by atoms with van der Waals surface area (Å²) < 4.78 is 1.56. The first kappa shape index (κ1) is 41.8. The van der Waals surface area contributed by atoms with E-state index < -0.39 is 5.97 Å². The van der Waals surface area contributed by atoms with E-state index in [1.165, 1.54) is 71.3 Å². The van der Waals surface area contributed by atoms with Gasteiger partial charge in [0.15, 0.2) is 0 Å². The fourth-order valence-corrected chi connectivity index (χ4v) is 14.0. The molecular weight excluding hydrogens is 911 g/mol. The van der Waals surface area contributed by atoms with Crippen LogP contribution in [0.2, 0.25) is 0 Å². The minimum Gasteiger partial charge on any atom is -0.478 e. The molecule has 12 aromatic rings. The van der Waals surface area contributed by atoms with E-state index in [9.17, 15) is 14.7 Å². The van der Waals surface area contributed by atoms with Crippen LogP contribution in [0.5, 0.6) is 0 Å². The van der Waals surface area contributed by atoms with Crippen molar-refractivity contribution in [3.05, 3.63) is 220 Å². The summed E-state index contributed by atoms with van der Waals surface area (Å²) in [5.74, 6) is -1.05. The zero-order chi connectivity index (χ0) is 48.1. The van der Waals surface area contributed by atoms with Gasteiger partial charge in [0.05, 0.1) is 16.6 Å². The van der Waals surface area contributed by atoms with Crippen LogP contribution in [0, 0.1) is 0 Å². The third kappa shape index (κ3) is 6.01. The number of imidazole rings is 1. The molecule has 0 amide bonds. The van der Waals surface area contributed by atoms with Gasteiger partial charge in [-0.05, 0) is 152 Å². The standard InChI is InChI=1S/C63H43N3O3S2/c1-62(2)48-14-7-5-10-40(48)42-23-21-38(33-50(42)62)65(39-22-24-43-41-11-6-8-15-49(41)63(3,4)51(43)34-39)37-19-16-35(17-20-37)54-28-30-56(70-54)57-31-29-55(71-57)44-25-26-46-58-45(44)12-9-13-47(58)60(67)66-53-32-36(61(68)69)18-27-52(53)64-59(46)66/h5-34H,1-4H3,(H,68,69). The zero-order valence-corrected chi connectivity index (χ0v) is 40.9. The van der Waals surface area contributed by atoms with Crippen LogP contribution in [-0.4, -0.2) is 20.5 Å². The summed E-state index contributed by atoms with van der Waals surface area (Å²) in [4.78, 5) is 37.9. The molecular formula is C63H43N3O3S2. The van der Waals surface area contributed by atoms with E-state index in [1.54, 1.807) is 33.1 Å². The van der Waals surface area contributed by atoms with Crippen LogP contribution in [0.1, 0.15) is 60.3 Å². The van der Waals surface area contributed by atoms with Crippen LogP contribution in [0.25, 0.3) is 91.1 Å². The van der Waals surface area contributed by atoms with Gasteiger partial charge >= 0.3 is 5.97 Å². The quantitative estimate of drug-likeness (QED) is 0.172. The smallest absolute Gasteiger partial charge is 0.335 e. The molecule has 4 heterocycles. The molecule has 0 spiro atoms. The van der Waals surface area contributed by atoms with Gasteiger partial charge in [-0.15, -0.1) is 22.7 Å². The number of benzene rings is 8. The number of hydrogen-bond donors (Lipinski definition) is 1. The monoisotopic (exact) mass is 953 g/mol. The molecule has 0 fully saturated rings. The number of hydrogen-bond acceptors (Lipinski definition) is 6. The lowest BCUT2D eigenvalue weighted by atomic mass is 9.82. The van der Waals surface area contributed by atoms with Gasteiger partial charge in [0.1, 0.15) is 5.65 Å². The second-order valence-electron chi connectivity index (χ2n) is 20.0. The number of nitrogens with zero attached hydrogens (tertiary/aromatic N) is 3. The number of carboxylic acids is 1. The summed E-state index contributed by atoms with van der Waals surface area (Å²) >= 11 is 3.54. The highest BCUT2D eigenvalue weighted by molar-refractivity contribution is 7.25. The van der Waals surface area contributed by atoms with Crippen molar-refractivity contribution >= 4 is 83.9 Å². The maximum Gasteiger partial charge on any atom is 0.335 e. The molecule has 0 radical (unpaired) electrons. The Kier molecular flexibility index (Phi) is 8.78. The summed E-state index contributed by atoms with van der Waals surface area (Å²) in [6.07, 6.45) is 0. The fraction of sp³-hybridized carbons (Fsp3) is 0.0952. The third-order valence-corrected chi connectivity index (χ3v) is 17.8. The van der Waals surface area contributed by atoms with Crippen LogP contribution >= 0.6 is 22.7 Å². The summed E-state index contributed by atoms with van der Waals surface area (Å²) in [6, 6.07) is 64.4. The van der Waals surface area contributed by atoms with Gasteiger partial charge in [-0.25, -0.2) is 9.78 Å². The molecule has 0 aliphatic heterocycles. The highest BCUT2D eigenvalue weighted by Crippen LogP contribution is 2.53. The molecule has 4 aromatic heterocycles. The Balaban J connectivity index is 0.811. The summed E-state index contributed by atoms with van der Waals surface area (Å²) in [5, 5.41) is 12.9. The average Bonchev–Trinajstić information content (AvgIpc) is 4.23. The molecule has 0 atom stereocenters. The Hall–Kier alpha value is -8.17. The molecule has 2 aliphatic carbocycles. The lowest BCUT2D eigenvalue weighted by Crippen LogP contribution is -2.18. The van der Waals surface area contributed by atoms with Crippen molar-refractivity contribution in [2.75, 3.05) is 4.90 Å². The Morgan fingerprint density at radius 3 is 1.70 bits per heavy atom. The number of carboxylic acid groups (broad SMARTS) is 1. The van der Waals surface area contributed by atoms with E-state index >= 15 is 0 Å². The van der Waals surface area contributed by atoms with Crippen molar-refractivity contribution < 1.29 is 9.90 Å². The maximum atomic E-state index is 14.2. The topological polar surface area (TPSA) is 74.9 Å². The molecule has 340 valence electrons. The molecule has 8 heteroatoms. The van der Waals surface area contributed by atoms with E-state index in [4.69, 9.17) is 4.98 Å². The van der Waals surface area contributed by atoms with E-state index in [0.29, 0.717) is 22.1 Å². The first-order valence-corrected chi connectivity index (χ1v) is 25.5. The second kappa shape index (κ2) is 14.9. The number of thiophene rings is 2. The molecule has 6 nitrogen and oxygen atoms in total. The Labute approximate surface area is 417 Å². The molecule has 0 saturated heterocycles.